The van der Waals surface area contributed by atoms with Crippen molar-refractivity contribution in [2.24, 2.45) is 0 Å². The Kier molecular flexibility index (Phi) is 6.23. The van der Waals surface area contributed by atoms with E-state index in [0.717, 1.165) is 6.42 Å². The highest BCUT2D eigenvalue weighted by atomic mass is 16.5. The molecule has 138 valence electrons. The van der Waals surface area contributed by atoms with Crippen molar-refractivity contribution < 1.29 is 19.1 Å². The second-order valence-corrected chi connectivity index (χ2v) is 6.60. The number of nitrogens with zero attached hydrogens (tertiary/aromatic N) is 1. The van der Waals surface area contributed by atoms with Gasteiger partial charge in [-0.2, -0.15) is 0 Å². The minimum Gasteiger partial charge on any atom is -0.469 e. The zero-order valence-electron chi connectivity index (χ0n) is 15.1. The van der Waals surface area contributed by atoms with Crippen LogP contribution < -0.4 is 0 Å². The summed E-state index contributed by atoms with van der Waals surface area (Å²) in [4.78, 5) is 25.4. The molecule has 1 amide bonds. The first kappa shape index (κ1) is 18.4. The van der Waals surface area contributed by atoms with Gasteiger partial charge in [0, 0.05) is 32.4 Å². The number of carbonyl (C=O) groups is 2. The third kappa shape index (κ3) is 4.61. The highest BCUT2D eigenvalue weighted by Crippen LogP contribution is 2.22. The zero-order chi connectivity index (χ0) is 18.4. The normalized spacial score (nSPS) is 17.3. The monoisotopic (exact) mass is 355 g/mol. The SMILES string of the molecule is COC(=O)CCCC(=O)N1CCO[C@H](Cc2cccc3ccccc23)C1. The summed E-state index contributed by atoms with van der Waals surface area (Å²) in [5, 5.41) is 2.46. The summed E-state index contributed by atoms with van der Waals surface area (Å²) in [6.07, 6.45) is 1.96. The van der Waals surface area contributed by atoms with E-state index >= 15 is 0 Å². The summed E-state index contributed by atoms with van der Waals surface area (Å²) in [7, 11) is 1.37. The molecule has 1 atom stereocenters. The average molecular weight is 355 g/mol. The van der Waals surface area contributed by atoms with Crippen LogP contribution in [0.4, 0.5) is 0 Å². The number of esters is 1. The van der Waals surface area contributed by atoms with E-state index in [1.54, 1.807) is 0 Å². The van der Waals surface area contributed by atoms with Crippen LogP contribution in [0.25, 0.3) is 10.8 Å². The van der Waals surface area contributed by atoms with Gasteiger partial charge in [-0.1, -0.05) is 42.5 Å². The van der Waals surface area contributed by atoms with Gasteiger partial charge in [-0.25, -0.2) is 0 Å². The minimum atomic E-state index is -0.270. The summed E-state index contributed by atoms with van der Waals surface area (Å²) in [6, 6.07) is 14.6. The number of morpholine rings is 1. The van der Waals surface area contributed by atoms with E-state index in [1.165, 1.54) is 23.4 Å². The lowest BCUT2D eigenvalue weighted by Crippen LogP contribution is -2.46. The van der Waals surface area contributed by atoms with E-state index in [2.05, 4.69) is 35.1 Å². The molecule has 2 aromatic carbocycles. The van der Waals surface area contributed by atoms with Crippen LogP contribution in [0, 0.1) is 0 Å². The Bertz CT molecular complexity index is 768. The van der Waals surface area contributed by atoms with Crippen LogP contribution in [0.3, 0.4) is 0 Å². The van der Waals surface area contributed by atoms with Crippen molar-refractivity contribution in [1.29, 1.82) is 0 Å². The van der Waals surface area contributed by atoms with Crippen molar-refractivity contribution in [2.45, 2.75) is 31.8 Å². The lowest BCUT2D eigenvalue weighted by molar-refractivity contribution is -0.141. The van der Waals surface area contributed by atoms with Gasteiger partial charge in [0.05, 0.1) is 19.8 Å². The van der Waals surface area contributed by atoms with Crippen molar-refractivity contribution in [3.63, 3.8) is 0 Å². The Morgan fingerprint density at radius 3 is 2.81 bits per heavy atom. The zero-order valence-corrected chi connectivity index (χ0v) is 15.1. The topological polar surface area (TPSA) is 55.8 Å². The quantitative estimate of drug-likeness (QED) is 0.748. The molecule has 1 heterocycles. The Morgan fingerprint density at radius 1 is 1.15 bits per heavy atom. The van der Waals surface area contributed by atoms with Crippen LogP contribution in [-0.4, -0.2) is 49.7 Å². The number of carbonyl (C=O) groups excluding carboxylic acids is 2. The number of rotatable bonds is 6. The first-order valence-electron chi connectivity index (χ1n) is 9.10. The number of amides is 1. The first-order valence-corrected chi connectivity index (χ1v) is 9.10. The third-order valence-electron chi connectivity index (χ3n) is 4.82. The second kappa shape index (κ2) is 8.81. The molecule has 0 unspecified atom stereocenters. The van der Waals surface area contributed by atoms with Gasteiger partial charge in [0.2, 0.25) is 5.91 Å². The maximum Gasteiger partial charge on any atom is 0.305 e. The molecule has 0 N–H and O–H groups in total. The maximum absolute atomic E-state index is 12.4. The summed E-state index contributed by atoms with van der Waals surface area (Å²) in [5.74, 6) is -0.186. The van der Waals surface area contributed by atoms with Gasteiger partial charge < -0.3 is 14.4 Å². The largest absolute Gasteiger partial charge is 0.469 e. The number of methoxy groups -OCH3 is 1. The molecule has 1 fully saturated rings. The minimum absolute atomic E-state index is 0.000821. The molecule has 5 heteroatoms. The number of fused-ring (bicyclic) bond motifs is 1. The lowest BCUT2D eigenvalue weighted by atomic mass is 9.99. The highest BCUT2D eigenvalue weighted by molar-refractivity contribution is 5.85. The molecular formula is C21H25NO4. The predicted octanol–water partition coefficient (Wildman–Crippen LogP) is 2.95. The van der Waals surface area contributed by atoms with Crippen LogP contribution in [0.15, 0.2) is 42.5 Å². The van der Waals surface area contributed by atoms with E-state index < -0.39 is 0 Å². The fourth-order valence-corrected chi connectivity index (χ4v) is 3.43. The van der Waals surface area contributed by atoms with Crippen LogP contribution in [-0.2, 0) is 25.5 Å². The molecule has 0 aromatic heterocycles. The maximum atomic E-state index is 12.4. The highest BCUT2D eigenvalue weighted by Gasteiger charge is 2.24. The predicted molar refractivity (Wildman–Crippen MR) is 99.8 cm³/mol. The molecule has 2 aromatic rings. The third-order valence-corrected chi connectivity index (χ3v) is 4.82. The lowest BCUT2D eigenvalue weighted by Gasteiger charge is -2.33. The second-order valence-electron chi connectivity index (χ2n) is 6.60. The van der Waals surface area contributed by atoms with Crippen molar-refractivity contribution in [2.75, 3.05) is 26.8 Å². The van der Waals surface area contributed by atoms with Crippen molar-refractivity contribution >= 4 is 22.6 Å². The van der Waals surface area contributed by atoms with E-state index in [9.17, 15) is 9.59 Å². The van der Waals surface area contributed by atoms with Crippen molar-refractivity contribution in [3.05, 3.63) is 48.0 Å². The molecule has 0 radical (unpaired) electrons. The average Bonchev–Trinajstić information content (AvgIpc) is 2.68. The summed E-state index contributed by atoms with van der Waals surface area (Å²) in [6.45, 7) is 1.77. The van der Waals surface area contributed by atoms with Crippen LogP contribution in [0.1, 0.15) is 24.8 Å². The molecule has 0 spiro atoms. The molecule has 0 saturated carbocycles. The molecular weight excluding hydrogens is 330 g/mol. The molecule has 3 rings (SSSR count). The van der Waals surface area contributed by atoms with Crippen LogP contribution in [0.2, 0.25) is 0 Å². The molecule has 0 bridgehead atoms. The molecule has 0 aliphatic carbocycles. The van der Waals surface area contributed by atoms with Crippen LogP contribution in [0.5, 0.6) is 0 Å². The molecule has 1 aliphatic rings. The Balaban J connectivity index is 1.58. The van der Waals surface area contributed by atoms with Gasteiger partial charge >= 0.3 is 5.97 Å². The summed E-state index contributed by atoms with van der Waals surface area (Å²) >= 11 is 0. The smallest absolute Gasteiger partial charge is 0.305 e. The molecule has 1 aliphatic heterocycles. The molecule has 5 nitrogen and oxygen atoms in total. The standard InChI is InChI=1S/C21H25NO4/c1-25-21(24)11-5-10-20(23)22-12-13-26-18(15-22)14-17-8-4-7-16-6-2-3-9-19(16)17/h2-4,6-9,18H,5,10-15H2,1H3/t18-/m1/s1. The fraction of sp³-hybridized carbons (Fsp3) is 0.429. The van der Waals surface area contributed by atoms with Gasteiger partial charge in [-0.05, 0) is 22.8 Å². The Labute approximate surface area is 153 Å². The van der Waals surface area contributed by atoms with Gasteiger partial charge in [0.25, 0.3) is 0 Å². The van der Waals surface area contributed by atoms with Crippen molar-refractivity contribution in [1.82, 2.24) is 4.90 Å². The first-order chi connectivity index (χ1) is 12.7. The van der Waals surface area contributed by atoms with Crippen molar-refractivity contribution in [3.8, 4) is 0 Å². The molecule has 26 heavy (non-hydrogen) atoms. The van der Waals surface area contributed by atoms with Crippen LogP contribution >= 0.6 is 0 Å². The van der Waals surface area contributed by atoms with E-state index in [-0.39, 0.29) is 24.4 Å². The van der Waals surface area contributed by atoms with Gasteiger partial charge in [-0.15, -0.1) is 0 Å². The fourth-order valence-electron chi connectivity index (χ4n) is 3.43. The van der Waals surface area contributed by atoms with Gasteiger partial charge in [0.1, 0.15) is 0 Å². The van der Waals surface area contributed by atoms with E-state index in [1.807, 2.05) is 17.0 Å². The number of benzene rings is 2. The summed E-state index contributed by atoms with van der Waals surface area (Å²) in [5.41, 5.74) is 1.24. The van der Waals surface area contributed by atoms with E-state index in [4.69, 9.17) is 4.74 Å². The Morgan fingerprint density at radius 2 is 1.96 bits per heavy atom. The molecule has 1 saturated heterocycles. The summed E-state index contributed by atoms with van der Waals surface area (Å²) < 4.78 is 10.5. The number of hydrogen-bond donors (Lipinski definition) is 0. The number of ether oxygens (including phenoxy) is 2. The number of hydrogen-bond acceptors (Lipinski definition) is 4. The van der Waals surface area contributed by atoms with Gasteiger partial charge in [-0.3, -0.25) is 9.59 Å². The van der Waals surface area contributed by atoms with Gasteiger partial charge in [0.15, 0.2) is 0 Å². The Hall–Kier alpha value is -2.40. The van der Waals surface area contributed by atoms with E-state index in [0.29, 0.717) is 32.5 Å².